The summed E-state index contributed by atoms with van der Waals surface area (Å²) in [5.74, 6) is -0.826. The molecule has 1 saturated carbocycles. The quantitative estimate of drug-likeness (QED) is 0.869. The minimum Gasteiger partial charge on any atom is -0.468 e. The third-order valence-electron chi connectivity index (χ3n) is 3.70. The van der Waals surface area contributed by atoms with E-state index in [1.807, 2.05) is 0 Å². The number of ether oxygens (including phenoxy) is 1. The highest BCUT2D eigenvalue weighted by atomic mass is 19.4. The van der Waals surface area contributed by atoms with Crippen molar-refractivity contribution in [2.24, 2.45) is 0 Å². The van der Waals surface area contributed by atoms with Gasteiger partial charge in [-0.05, 0) is 18.9 Å². The molecule has 2 rings (SSSR count). The molecule has 0 bridgehead atoms. The molecule has 0 radical (unpaired) electrons. The van der Waals surface area contributed by atoms with Gasteiger partial charge >= 0.3 is 6.18 Å². The van der Waals surface area contributed by atoms with Gasteiger partial charge in [-0.1, -0.05) is 25.3 Å². The number of carbonyl (C=O) groups excluding carboxylic acids is 1. The summed E-state index contributed by atoms with van der Waals surface area (Å²) in [7, 11) is 0. The molecule has 2 N–H and O–H groups in total. The monoisotopic (exact) mass is 332 g/mol. The van der Waals surface area contributed by atoms with Gasteiger partial charge in [0, 0.05) is 12.6 Å². The van der Waals surface area contributed by atoms with Crippen LogP contribution in [0.25, 0.3) is 0 Å². The lowest BCUT2D eigenvalue weighted by molar-refractivity contribution is -0.154. The zero-order chi connectivity index (χ0) is 16.9. The molecule has 128 valence electrons. The molecular weight excluding hydrogens is 313 g/mol. The van der Waals surface area contributed by atoms with E-state index >= 15 is 0 Å². The number of aromatic nitrogens is 1. The molecule has 1 fully saturated rings. The van der Waals surface area contributed by atoms with Crippen molar-refractivity contribution in [3.63, 3.8) is 0 Å². The van der Waals surface area contributed by atoms with E-state index in [2.05, 4.69) is 15.0 Å². The Morgan fingerprint density at radius 3 is 2.65 bits per heavy atom. The van der Waals surface area contributed by atoms with Crippen molar-refractivity contribution in [1.29, 1.82) is 0 Å². The van der Waals surface area contributed by atoms with Crippen LogP contribution in [-0.4, -0.2) is 40.9 Å². The van der Waals surface area contributed by atoms with Crippen molar-refractivity contribution in [3.05, 3.63) is 23.9 Å². The van der Waals surface area contributed by atoms with E-state index in [4.69, 9.17) is 0 Å². The SMILES string of the molecule is O=C(NCC1(O)CCCCC1)c1cccc(OCC(F)(F)F)n1. The van der Waals surface area contributed by atoms with Crippen molar-refractivity contribution < 1.29 is 27.8 Å². The summed E-state index contributed by atoms with van der Waals surface area (Å²) in [5, 5.41) is 12.9. The molecule has 1 aromatic rings. The average Bonchev–Trinajstić information content (AvgIpc) is 2.51. The summed E-state index contributed by atoms with van der Waals surface area (Å²) in [6.07, 6.45) is -0.345. The third-order valence-corrected chi connectivity index (χ3v) is 3.70. The van der Waals surface area contributed by atoms with Crippen LogP contribution in [0.3, 0.4) is 0 Å². The van der Waals surface area contributed by atoms with Gasteiger partial charge < -0.3 is 15.2 Å². The van der Waals surface area contributed by atoms with Crippen LogP contribution in [0.4, 0.5) is 13.2 Å². The van der Waals surface area contributed by atoms with E-state index < -0.39 is 24.3 Å². The molecular formula is C15H19F3N2O3. The first-order valence-corrected chi connectivity index (χ1v) is 7.45. The normalized spacial score (nSPS) is 17.6. The molecule has 0 aliphatic heterocycles. The fraction of sp³-hybridized carbons (Fsp3) is 0.600. The zero-order valence-electron chi connectivity index (χ0n) is 12.5. The van der Waals surface area contributed by atoms with Crippen LogP contribution in [-0.2, 0) is 0 Å². The predicted octanol–water partition coefficient (Wildman–Crippen LogP) is 2.45. The van der Waals surface area contributed by atoms with Crippen LogP contribution >= 0.6 is 0 Å². The number of aliphatic hydroxyl groups is 1. The maximum atomic E-state index is 12.1. The Morgan fingerprint density at radius 2 is 2.00 bits per heavy atom. The second kappa shape index (κ2) is 7.16. The largest absolute Gasteiger partial charge is 0.468 e. The zero-order valence-corrected chi connectivity index (χ0v) is 12.5. The van der Waals surface area contributed by atoms with Crippen LogP contribution in [0, 0.1) is 0 Å². The molecule has 1 amide bonds. The van der Waals surface area contributed by atoms with Gasteiger partial charge in [-0.15, -0.1) is 0 Å². The lowest BCUT2D eigenvalue weighted by atomic mass is 9.85. The van der Waals surface area contributed by atoms with Crippen LogP contribution in [0.2, 0.25) is 0 Å². The molecule has 8 heteroatoms. The second-order valence-corrected chi connectivity index (χ2v) is 5.73. The molecule has 23 heavy (non-hydrogen) atoms. The molecule has 1 aromatic heterocycles. The van der Waals surface area contributed by atoms with Gasteiger partial charge in [0.2, 0.25) is 5.88 Å². The van der Waals surface area contributed by atoms with E-state index in [1.165, 1.54) is 18.2 Å². The Labute approximate surface area is 131 Å². The average molecular weight is 332 g/mol. The smallest absolute Gasteiger partial charge is 0.422 e. The molecule has 0 atom stereocenters. The fourth-order valence-electron chi connectivity index (χ4n) is 2.50. The van der Waals surface area contributed by atoms with Crippen LogP contribution in [0.15, 0.2) is 18.2 Å². The van der Waals surface area contributed by atoms with Crippen LogP contribution in [0.5, 0.6) is 5.88 Å². The number of rotatable bonds is 5. The van der Waals surface area contributed by atoms with Gasteiger partial charge in [0.15, 0.2) is 6.61 Å². The van der Waals surface area contributed by atoms with Gasteiger partial charge in [0.05, 0.1) is 5.60 Å². The summed E-state index contributed by atoms with van der Waals surface area (Å²) in [5.41, 5.74) is -0.970. The summed E-state index contributed by atoms with van der Waals surface area (Å²) in [6, 6.07) is 4.01. The number of carbonyl (C=O) groups is 1. The standard InChI is InChI=1S/C15H19F3N2O3/c16-15(17,18)10-23-12-6-4-5-11(20-12)13(21)19-9-14(22)7-2-1-3-8-14/h4-6,22H,1-3,7-10H2,(H,19,21). The molecule has 0 aromatic carbocycles. The number of hydrogen-bond acceptors (Lipinski definition) is 4. The van der Waals surface area contributed by atoms with Crippen molar-refractivity contribution in [2.75, 3.05) is 13.2 Å². The molecule has 0 saturated heterocycles. The van der Waals surface area contributed by atoms with Gasteiger partial charge in [0.1, 0.15) is 5.69 Å². The predicted molar refractivity (Wildman–Crippen MR) is 76.2 cm³/mol. The number of amides is 1. The van der Waals surface area contributed by atoms with Crippen molar-refractivity contribution >= 4 is 5.91 Å². The highest BCUT2D eigenvalue weighted by Crippen LogP contribution is 2.27. The van der Waals surface area contributed by atoms with E-state index in [-0.39, 0.29) is 18.1 Å². The van der Waals surface area contributed by atoms with Gasteiger partial charge in [-0.25, -0.2) is 4.98 Å². The number of halogens is 3. The van der Waals surface area contributed by atoms with E-state index in [9.17, 15) is 23.1 Å². The van der Waals surface area contributed by atoms with E-state index in [1.54, 1.807) is 0 Å². The third kappa shape index (κ3) is 5.70. The first-order valence-electron chi connectivity index (χ1n) is 7.45. The minimum absolute atomic E-state index is 0.0518. The van der Waals surface area contributed by atoms with Crippen molar-refractivity contribution in [1.82, 2.24) is 10.3 Å². The Kier molecular flexibility index (Phi) is 5.46. The first kappa shape index (κ1) is 17.5. The molecule has 0 spiro atoms. The lowest BCUT2D eigenvalue weighted by Crippen LogP contribution is -2.44. The minimum atomic E-state index is -4.47. The molecule has 1 aliphatic rings. The van der Waals surface area contributed by atoms with Crippen molar-refractivity contribution in [3.8, 4) is 5.88 Å². The molecule has 0 unspecified atom stereocenters. The number of nitrogens with zero attached hydrogens (tertiary/aromatic N) is 1. The number of alkyl halides is 3. The Balaban J connectivity index is 1.91. The van der Waals surface area contributed by atoms with Gasteiger partial charge in [-0.2, -0.15) is 13.2 Å². The van der Waals surface area contributed by atoms with E-state index in [0.717, 1.165) is 19.3 Å². The highest BCUT2D eigenvalue weighted by molar-refractivity contribution is 5.92. The molecule has 1 heterocycles. The van der Waals surface area contributed by atoms with Crippen LogP contribution in [0.1, 0.15) is 42.6 Å². The first-order chi connectivity index (χ1) is 10.8. The number of hydrogen-bond donors (Lipinski definition) is 2. The maximum Gasteiger partial charge on any atom is 0.422 e. The van der Waals surface area contributed by atoms with Crippen LogP contribution < -0.4 is 10.1 Å². The van der Waals surface area contributed by atoms with E-state index in [0.29, 0.717) is 12.8 Å². The van der Waals surface area contributed by atoms with Gasteiger partial charge in [-0.3, -0.25) is 4.79 Å². The fourth-order valence-corrected chi connectivity index (χ4v) is 2.50. The summed E-state index contributed by atoms with van der Waals surface area (Å²) in [6.45, 7) is -1.37. The Bertz CT molecular complexity index is 543. The topological polar surface area (TPSA) is 71.5 Å². The summed E-state index contributed by atoms with van der Waals surface area (Å²) >= 11 is 0. The number of pyridine rings is 1. The maximum absolute atomic E-state index is 12.1. The van der Waals surface area contributed by atoms with Crippen molar-refractivity contribution in [2.45, 2.75) is 43.9 Å². The summed E-state index contributed by atoms with van der Waals surface area (Å²) < 4.78 is 40.8. The molecule has 1 aliphatic carbocycles. The van der Waals surface area contributed by atoms with Gasteiger partial charge in [0.25, 0.3) is 5.91 Å². The highest BCUT2D eigenvalue weighted by Gasteiger charge is 2.30. The second-order valence-electron chi connectivity index (χ2n) is 5.73. The lowest BCUT2D eigenvalue weighted by Gasteiger charge is -2.32. The Hall–Kier alpha value is -1.83. The molecule has 5 nitrogen and oxygen atoms in total. The Morgan fingerprint density at radius 1 is 1.30 bits per heavy atom. The number of nitrogens with one attached hydrogen (secondary N) is 1. The summed E-state index contributed by atoms with van der Waals surface area (Å²) in [4.78, 5) is 15.8.